The summed E-state index contributed by atoms with van der Waals surface area (Å²) in [5.41, 5.74) is 1.38. The number of aromatic hydroxyl groups is 1. The molecule has 2 N–H and O–H groups in total. The number of hydrogen-bond acceptors (Lipinski definition) is 4. The number of aliphatic carboxylic acids is 1. The van der Waals surface area contributed by atoms with Gasteiger partial charge in [0.1, 0.15) is 11.5 Å². The summed E-state index contributed by atoms with van der Waals surface area (Å²) in [6.07, 6.45) is 1.63. The molecule has 0 unspecified atom stereocenters. The van der Waals surface area contributed by atoms with E-state index in [1.165, 1.54) is 13.8 Å². The summed E-state index contributed by atoms with van der Waals surface area (Å²) in [6, 6.07) is 11.3. The van der Waals surface area contributed by atoms with E-state index in [0.29, 0.717) is 24.4 Å². The van der Waals surface area contributed by atoms with Crippen molar-refractivity contribution in [2.24, 2.45) is 0 Å². The molecule has 0 spiro atoms. The Morgan fingerprint density at radius 2 is 1.42 bits per heavy atom. The number of phenols is 1. The molecule has 0 aromatic heterocycles. The first kappa shape index (κ1) is 27.6. The van der Waals surface area contributed by atoms with Crippen molar-refractivity contribution in [3.8, 4) is 11.5 Å². The van der Waals surface area contributed by atoms with E-state index in [-0.39, 0.29) is 28.4 Å². The van der Waals surface area contributed by atoms with Crippen LogP contribution in [0.25, 0.3) is 0 Å². The van der Waals surface area contributed by atoms with E-state index in [9.17, 15) is 19.8 Å². The Kier molecular flexibility index (Phi) is 7.50. The maximum atomic E-state index is 13.6. The van der Waals surface area contributed by atoms with Crippen LogP contribution in [0.1, 0.15) is 101 Å². The third-order valence-electron chi connectivity index (χ3n) is 6.97. The van der Waals surface area contributed by atoms with Gasteiger partial charge in [0.05, 0.1) is 0 Å². The van der Waals surface area contributed by atoms with Gasteiger partial charge in [0, 0.05) is 29.8 Å². The quantitative estimate of drug-likeness (QED) is 0.512. The SMILES string of the molecule is CC(C)(Oc1cccc(C2CCN(C(=O)c3cc(C(C)(C)C)c(O)c(C(C)(C)C)c3)CC2)c1)C(=O)O. The van der Waals surface area contributed by atoms with E-state index in [0.717, 1.165) is 29.5 Å². The van der Waals surface area contributed by atoms with Crippen molar-refractivity contribution in [3.05, 3.63) is 58.7 Å². The molecular formula is C30H41NO5. The Morgan fingerprint density at radius 1 is 0.889 bits per heavy atom. The molecule has 1 heterocycles. The molecule has 2 aromatic rings. The lowest BCUT2D eigenvalue weighted by Crippen LogP contribution is -2.38. The molecule has 1 aliphatic rings. The second-order valence-corrected chi connectivity index (χ2v) is 12.5. The lowest BCUT2D eigenvalue weighted by molar-refractivity contribution is -0.152. The second kappa shape index (κ2) is 9.79. The Balaban J connectivity index is 1.78. The van der Waals surface area contributed by atoms with Crippen LogP contribution in [0.4, 0.5) is 0 Å². The van der Waals surface area contributed by atoms with Crippen LogP contribution in [-0.2, 0) is 15.6 Å². The Labute approximate surface area is 215 Å². The van der Waals surface area contributed by atoms with Crippen molar-refractivity contribution >= 4 is 11.9 Å². The molecule has 0 radical (unpaired) electrons. The van der Waals surface area contributed by atoms with Gasteiger partial charge in [0.15, 0.2) is 5.60 Å². The third-order valence-corrected chi connectivity index (χ3v) is 6.97. The summed E-state index contributed by atoms with van der Waals surface area (Å²) in [4.78, 5) is 26.9. The van der Waals surface area contributed by atoms with Crippen molar-refractivity contribution in [1.29, 1.82) is 0 Å². The summed E-state index contributed by atoms with van der Waals surface area (Å²) < 4.78 is 5.71. The van der Waals surface area contributed by atoms with Gasteiger partial charge >= 0.3 is 5.97 Å². The summed E-state index contributed by atoms with van der Waals surface area (Å²) in [5.74, 6) is 0.0499. The number of amides is 1. The molecule has 3 rings (SSSR count). The molecule has 0 saturated carbocycles. The van der Waals surface area contributed by atoms with Crippen LogP contribution in [-0.4, -0.2) is 45.7 Å². The van der Waals surface area contributed by atoms with Gasteiger partial charge in [0.2, 0.25) is 0 Å². The number of phenolic OH excluding ortho intramolecular Hbond substituents is 1. The predicted octanol–water partition coefficient (Wildman–Crippen LogP) is 6.25. The maximum absolute atomic E-state index is 13.6. The van der Waals surface area contributed by atoms with Crippen molar-refractivity contribution in [1.82, 2.24) is 4.90 Å². The van der Waals surface area contributed by atoms with E-state index in [4.69, 9.17) is 4.74 Å². The Bertz CT molecular complexity index is 1090. The van der Waals surface area contributed by atoms with Crippen molar-refractivity contribution < 1.29 is 24.5 Å². The van der Waals surface area contributed by atoms with Gasteiger partial charge in [-0.15, -0.1) is 0 Å². The number of carboxylic acid groups (broad SMARTS) is 1. The largest absolute Gasteiger partial charge is 0.507 e. The van der Waals surface area contributed by atoms with Crippen molar-refractivity contribution in [2.75, 3.05) is 13.1 Å². The zero-order chi connectivity index (χ0) is 27.1. The lowest BCUT2D eigenvalue weighted by Gasteiger charge is -2.34. The summed E-state index contributed by atoms with van der Waals surface area (Å²) >= 11 is 0. The van der Waals surface area contributed by atoms with Crippen molar-refractivity contribution in [3.63, 3.8) is 0 Å². The van der Waals surface area contributed by atoms with E-state index in [1.807, 2.05) is 76.8 Å². The number of ether oxygens (including phenoxy) is 1. The highest BCUT2D eigenvalue weighted by Gasteiger charge is 2.32. The third kappa shape index (κ3) is 6.03. The number of carbonyl (C=O) groups is 2. The molecule has 6 heteroatoms. The van der Waals surface area contributed by atoms with Gasteiger partial charge in [-0.1, -0.05) is 53.7 Å². The molecule has 0 atom stereocenters. The number of hydrogen-bond donors (Lipinski definition) is 2. The molecule has 1 aliphatic heterocycles. The number of carbonyl (C=O) groups excluding carboxylic acids is 1. The highest BCUT2D eigenvalue weighted by molar-refractivity contribution is 5.95. The highest BCUT2D eigenvalue weighted by atomic mass is 16.5. The highest BCUT2D eigenvalue weighted by Crippen LogP contribution is 2.40. The zero-order valence-electron chi connectivity index (χ0n) is 22.9. The smallest absolute Gasteiger partial charge is 0.347 e. The molecule has 36 heavy (non-hydrogen) atoms. The fraction of sp³-hybridized carbons (Fsp3) is 0.533. The van der Waals surface area contributed by atoms with E-state index in [2.05, 4.69) is 0 Å². The molecule has 6 nitrogen and oxygen atoms in total. The lowest BCUT2D eigenvalue weighted by atomic mass is 9.78. The number of piperidine rings is 1. The van der Waals surface area contributed by atoms with Crippen LogP contribution in [0.5, 0.6) is 11.5 Å². The van der Waals surface area contributed by atoms with Gasteiger partial charge in [-0.25, -0.2) is 4.79 Å². The van der Waals surface area contributed by atoms with Crippen LogP contribution < -0.4 is 4.74 Å². The van der Waals surface area contributed by atoms with Crippen LogP contribution in [0.15, 0.2) is 36.4 Å². The zero-order valence-corrected chi connectivity index (χ0v) is 22.9. The Hall–Kier alpha value is -3.02. The summed E-state index contributed by atoms with van der Waals surface area (Å²) in [7, 11) is 0. The second-order valence-electron chi connectivity index (χ2n) is 12.5. The first-order valence-electron chi connectivity index (χ1n) is 12.7. The average Bonchev–Trinajstić information content (AvgIpc) is 2.77. The van der Waals surface area contributed by atoms with Crippen LogP contribution in [0.2, 0.25) is 0 Å². The maximum Gasteiger partial charge on any atom is 0.347 e. The molecule has 0 bridgehead atoms. The summed E-state index contributed by atoms with van der Waals surface area (Å²) in [5, 5.41) is 20.4. The van der Waals surface area contributed by atoms with Gasteiger partial charge in [0.25, 0.3) is 5.91 Å². The summed E-state index contributed by atoms with van der Waals surface area (Å²) in [6.45, 7) is 16.6. The number of carboxylic acids is 1. The molecular weight excluding hydrogens is 454 g/mol. The minimum atomic E-state index is -1.31. The molecule has 196 valence electrons. The van der Waals surface area contributed by atoms with Gasteiger partial charge in [-0.3, -0.25) is 4.79 Å². The van der Waals surface area contributed by atoms with Gasteiger partial charge in [-0.05, 0) is 73.3 Å². The average molecular weight is 496 g/mol. The Morgan fingerprint density at radius 3 is 1.89 bits per heavy atom. The van der Waals surface area contributed by atoms with E-state index in [1.54, 1.807) is 6.07 Å². The van der Waals surface area contributed by atoms with Crippen LogP contribution >= 0.6 is 0 Å². The van der Waals surface area contributed by atoms with Gasteiger partial charge in [-0.2, -0.15) is 0 Å². The number of rotatable bonds is 5. The monoisotopic (exact) mass is 495 g/mol. The van der Waals surface area contributed by atoms with E-state index < -0.39 is 11.6 Å². The number of nitrogens with zero attached hydrogens (tertiary/aromatic N) is 1. The first-order valence-corrected chi connectivity index (χ1v) is 12.7. The molecule has 1 saturated heterocycles. The standard InChI is InChI=1S/C30H41NO5/c1-28(2,3)23-17-21(18-24(25(23)32)29(4,5)6)26(33)31-14-12-19(13-15-31)20-10-9-11-22(16-20)36-30(7,8)27(34)35/h9-11,16-19,32H,12-15H2,1-8H3,(H,34,35). The fourth-order valence-electron chi connectivity index (χ4n) is 4.67. The van der Waals surface area contributed by atoms with Gasteiger partial charge < -0.3 is 19.8 Å². The number of benzene rings is 2. The van der Waals surface area contributed by atoms with Crippen LogP contribution in [0, 0.1) is 0 Å². The fourth-order valence-corrected chi connectivity index (χ4v) is 4.67. The normalized spacial score (nSPS) is 15.6. The number of likely N-dealkylation sites (tertiary alicyclic amines) is 1. The van der Waals surface area contributed by atoms with Crippen molar-refractivity contribution in [2.45, 2.75) is 90.6 Å². The molecule has 0 aliphatic carbocycles. The van der Waals surface area contributed by atoms with Crippen LogP contribution in [0.3, 0.4) is 0 Å². The first-order chi connectivity index (χ1) is 16.5. The van der Waals surface area contributed by atoms with E-state index >= 15 is 0 Å². The topological polar surface area (TPSA) is 87.1 Å². The minimum absolute atomic E-state index is 0.00950. The minimum Gasteiger partial charge on any atom is -0.507 e. The predicted molar refractivity (Wildman–Crippen MR) is 142 cm³/mol. The molecule has 2 aromatic carbocycles. The molecule has 1 fully saturated rings. The molecule has 1 amide bonds.